The maximum atomic E-state index is 12.6. The summed E-state index contributed by atoms with van der Waals surface area (Å²) in [4.78, 5) is 26.5. The Balaban J connectivity index is 1.50. The average Bonchev–Trinajstić information content (AvgIpc) is 3.18. The van der Waals surface area contributed by atoms with Gasteiger partial charge in [-0.25, -0.2) is 0 Å². The van der Waals surface area contributed by atoms with Crippen LogP contribution in [0, 0.1) is 5.92 Å². The monoisotopic (exact) mass is 317 g/mol. The van der Waals surface area contributed by atoms with Crippen LogP contribution >= 0.6 is 0 Å². The fourth-order valence-electron chi connectivity index (χ4n) is 4.31. The highest BCUT2D eigenvalue weighted by atomic mass is 16.5. The Bertz CT molecular complexity index is 661. The van der Waals surface area contributed by atoms with Crippen molar-refractivity contribution in [1.82, 2.24) is 14.8 Å². The molecule has 23 heavy (non-hydrogen) atoms. The van der Waals surface area contributed by atoms with Crippen LogP contribution in [-0.2, 0) is 11.8 Å². The number of hydrogen-bond donors (Lipinski definition) is 1. The number of hydrogen-bond acceptors (Lipinski definition) is 4. The first-order chi connectivity index (χ1) is 11.1. The highest BCUT2D eigenvalue weighted by molar-refractivity contribution is 5.94. The highest BCUT2D eigenvalue weighted by Gasteiger charge is 2.56. The van der Waals surface area contributed by atoms with Gasteiger partial charge in [0.15, 0.2) is 0 Å². The fourth-order valence-corrected chi connectivity index (χ4v) is 4.31. The number of likely N-dealkylation sites (tertiary alicyclic amines) is 1. The lowest BCUT2D eigenvalue weighted by Gasteiger charge is -2.51. The van der Waals surface area contributed by atoms with E-state index in [0.717, 1.165) is 26.1 Å². The molecule has 0 aromatic carbocycles. The maximum Gasteiger partial charge on any atom is 0.253 e. The van der Waals surface area contributed by atoms with E-state index in [9.17, 15) is 9.59 Å². The Morgan fingerprint density at radius 2 is 2.09 bits per heavy atom. The molecular formula is C17H23N3O3. The summed E-state index contributed by atoms with van der Waals surface area (Å²) in [7, 11) is 1.66. The molecule has 1 aromatic heterocycles. The van der Waals surface area contributed by atoms with Gasteiger partial charge in [-0.2, -0.15) is 0 Å². The first kappa shape index (κ1) is 14.9. The third-order valence-corrected chi connectivity index (χ3v) is 5.56. The van der Waals surface area contributed by atoms with Crippen LogP contribution in [0.3, 0.4) is 0 Å². The van der Waals surface area contributed by atoms with Crippen LogP contribution in [0.25, 0.3) is 0 Å². The predicted octanol–water partition coefficient (Wildman–Crippen LogP) is 0.367. The van der Waals surface area contributed by atoms with Crippen molar-refractivity contribution in [3.63, 3.8) is 0 Å². The van der Waals surface area contributed by atoms with Crippen LogP contribution in [0.4, 0.5) is 0 Å². The van der Waals surface area contributed by atoms with E-state index in [0.29, 0.717) is 17.5 Å². The standard InChI is InChI=1S/C17H23N3O3/c1-19-10-11(4-5-13(19)21)17(22)18-14-12-6-9-23-16(12)15(14)20-7-2-3-8-20/h4-5,10,12,14-16H,2-3,6-9H2,1H3,(H,18,22)/t12-,14+,15-,16-/m1/s1. The summed E-state index contributed by atoms with van der Waals surface area (Å²) in [5.41, 5.74) is 0.430. The molecule has 3 fully saturated rings. The molecule has 2 aliphatic heterocycles. The van der Waals surface area contributed by atoms with Gasteiger partial charge in [-0.15, -0.1) is 0 Å². The first-order valence-corrected chi connectivity index (χ1v) is 8.48. The molecule has 4 rings (SSSR count). The zero-order valence-corrected chi connectivity index (χ0v) is 13.4. The lowest BCUT2D eigenvalue weighted by atomic mass is 9.70. The Morgan fingerprint density at radius 1 is 1.30 bits per heavy atom. The Labute approximate surface area is 135 Å². The Hall–Kier alpha value is -1.66. The molecule has 1 aromatic rings. The van der Waals surface area contributed by atoms with Gasteiger partial charge < -0.3 is 14.6 Å². The van der Waals surface area contributed by atoms with Gasteiger partial charge in [-0.3, -0.25) is 14.5 Å². The van der Waals surface area contributed by atoms with E-state index in [1.807, 2.05) is 0 Å². The molecule has 0 unspecified atom stereocenters. The van der Waals surface area contributed by atoms with E-state index < -0.39 is 0 Å². The lowest BCUT2D eigenvalue weighted by Crippen LogP contribution is -2.70. The molecule has 4 atom stereocenters. The molecule has 1 amide bonds. The van der Waals surface area contributed by atoms with Gasteiger partial charge in [0, 0.05) is 31.8 Å². The van der Waals surface area contributed by atoms with E-state index in [2.05, 4.69) is 10.2 Å². The molecule has 3 aliphatic rings. The van der Waals surface area contributed by atoms with Gasteiger partial charge in [0.05, 0.1) is 23.8 Å². The summed E-state index contributed by atoms with van der Waals surface area (Å²) in [6, 6.07) is 3.51. The maximum absolute atomic E-state index is 12.6. The molecule has 0 spiro atoms. The number of carbonyl (C=O) groups is 1. The number of nitrogens with zero attached hydrogens (tertiary/aromatic N) is 2. The number of aryl methyl sites for hydroxylation is 1. The number of ether oxygens (including phenoxy) is 1. The van der Waals surface area contributed by atoms with Crippen molar-refractivity contribution in [2.45, 2.75) is 37.5 Å². The Kier molecular flexibility index (Phi) is 3.73. The van der Waals surface area contributed by atoms with Crippen LogP contribution < -0.4 is 10.9 Å². The van der Waals surface area contributed by atoms with Crippen molar-refractivity contribution in [3.05, 3.63) is 34.2 Å². The number of pyridine rings is 1. The zero-order chi connectivity index (χ0) is 16.0. The van der Waals surface area contributed by atoms with E-state index in [-0.39, 0.29) is 23.6 Å². The third-order valence-electron chi connectivity index (χ3n) is 5.56. The van der Waals surface area contributed by atoms with Gasteiger partial charge in [0.25, 0.3) is 5.91 Å². The average molecular weight is 317 g/mol. The fraction of sp³-hybridized carbons (Fsp3) is 0.647. The second-order valence-electron chi connectivity index (χ2n) is 6.89. The molecule has 6 heteroatoms. The van der Waals surface area contributed by atoms with Gasteiger partial charge in [-0.1, -0.05) is 0 Å². The quantitative estimate of drug-likeness (QED) is 0.875. The summed E-state index contributed by atoms with van der Waals surface area (Å²) in [5.74, 6) is 0.331. The Morgan fingerprint density at radius 3 is 2.83 bits per heavy atom. The SMILES string of the molecule is Cn1cc(C(=O)N[C@H]2[C@H]3CCO[C@H]3[C@@H]2N2CCCC2)ccc1=O. The van der Waals surface area contributed by atoms with Gasteiger partial charge in [0.1, 0.15) is 0 Å². The van der Waals surface area contributed by atoms with Crippen LogP contribution in [0.1, 0.15) is 29.6 Å². The van der Waals surface area contributed by atoms with Crippen LogP contribution in [0.5, 0.6) is 0 Å². The molecule has 3 heterocycles. The minimum atomic E-state index is -0.107. The number of amides is 1. The smallest absolute Gasteiger partial charge is 0.253 e. The topological polar surface area (TPSA) is 63.6 Å². The van der Waals surface area contributed by atoms with Crippen molar-refractivity contribution < 1.29 is 9.53 Å². The van der Waals surface area contributed by atoms with Crippen molar-refractivity contribution >= 4 is 5.91 Å². The van der Waals surface area contributed by atoms with E-state index in [1.165, 1.54) is 23.5 Å². The van der Waals surface area contributed by atoms with E-state index in [1.54, 1.807) is 19.3 Å². The van der Waals surface area contributed by atoms with Crippen molar-refractivity contribution in [3.8, 4) is 0 Å². The molecule has 0 radical (unpaired) electrons. The van der Waals surface area contributed by atoms with Gasteiger partial charge in [-0.05, 0) is 38.4 Å². The molecular weight excluding hydrogens is 294 g/mol. The van der Waals surface area contributed by atoms with Crippen LogP contribution in [0.2, 0.25) is 0 Å². The van der Waals surface area contributed by atoms with Crippen LogP contribution in [-0.4, -0.2) is 53.3 Å². The van der Waals surface area contributed by atoms with Crippen LogP contribution in [0.15, 0.2) is 23.1 Å². The number of aromatic nitrogens is 1. The van der Waals surface area contributed by atoms with Crippen molar-refractivity contribution in [2.75, 3.05) is 19.7 Å². The molecule has 1 aliphatic carbocycles. The number of fused-ring (bicyclic) bond motifs is 1. The number of carbonyl (C=O) groups excluding carboxylic acids is 1. The number of rotatable bonds is 3. The highest BCUT2D eigenvalue weighted by Crippen LogP contribution is 2.42. The van der Waals surface area contributed by atoms with Gasteiger partial charge in [0.2, 0.25) is 5.56 Å². The summed E-state index contributed by atoms with van der Waals surface area (Å²) < 4.78 is 7.33. The van der Waals surface area contributed by atoms with Gasteiger partial charge >= 0.3 is 0 Å². The lowest BCUT2D eigenvalue weighted by molar-refractivity contribution is -0.0747. The molecule has 124 valence electrons. The molecule has 1 saturated carbocycles. The first-order valence-electron chi connectivity index (χ1n) is 8.48. The summed E-state index contributed by atoms with van der Waals surface area (Å²) in [5, 5.41) is 3.20. The predicted molar refractivity (Wildman–Crippen MR) is 85.4 cm³/mol. The second-order valence-corrected chi connectivity index (χ2v) is 6.89. The summed E-state index contributed by atoms with van der Waals surface area (Å²) >= 11 is 0. The normalized spacial score (nSPS) is 33.3. The molecule has 1 N–H and O–H groups in total. The number of nitrogens with one attached hydrogen (secondary N) is 1. The third kappa shape index (κ3) is 2.50. The van der Waals surface area contributed by atoms with Crippen molar-refractivity contribution in [2.24, 2.45) is 13.0 Å². The van der Waals surface area contributed by atoms with Crippen molar-refractivity contribution in [1.29, 1.82) is 0 Å². The molecule has 6 nitrogen and oxygen atoms in total. The minimum Gasteiger partial charge on any atom is -0.376 e. The zero-order valence-electron chi connectivity index (χ0n) is 13.4. The van der Waals surface area contributed by atoms with E-state index in [4.69, 9.17) is 4.74 Å². The van der Waals surface area contributed by atoms with E-state index >= 15 is 0 Å². The minimum absolute atomic E-state index is 0.0971. The second kappa shape index (κ2) is 5.76. The molecule has 0 bridgehead atoms. The molecule has 2 saturated heterocycles. The summed E-state index contributed by atoms with van der Waals surface area (Å²) in [6.07, 6.45) is 5.36. The largest absolute Gasteiger partial charge is 0.376 e. The summed E-state index contributed by atoms with van der Waals surface area (Å²) in [6.45, 7) is 3.00.